The fourth-order valence-electron chi connectivity index (χ4n) is 3.54. The maximum atomic E-state index is 13.6. The SMILES string of the molecule is COc1ccc(N(N)/C(=C\CN2CCCN(C(=O)OC(C)(C)C)CC2=O)c2ccc(F)cc2)cn1. The molecular weight excluding hydrogens is 453 g/mol. The number of amides is 2. The molecule has 0 aliphatic carbocycles. The molecule has 2 amide bonds. The van der Waals surface area contributed by atoms with E-state index in [9.17, 15) is 14.0 Å². The van der Waals surface area contributed by atoms with E-state index < -0.39 is 11.7 Å². The maximum Gasteiger partial charge on any atom is 0.410 e. The van der Waals surface area contributed by atoms with Crippen LogP contribution in [0.4, 0.5) is 14.9 Å². The zero-order chi connectivity index (χ0) is 25.6. The van der Waals surface area contributed by atoms with Crippen LogP contribution in [0.3, 0.4) is 0 Å². The zero-order valence-electron chi connectivity index (χ0n) is 20.5. The number of pyridine rings is 1. The highest BCUT2D eigenvalue weighted by molar-refractivity contribution is 5.84. The fourth-order valence-corrected chi connectivity index (χ4v) is 3.54. The van der Waals surface area contributed by atoms with Gasteiger partial charge in [-0.05, 0) is 69.2 Å². The minimum atomic E-state index is -0.639. The first-order chi connectivity index (χ1) is 16.6. The summed E-state index contributed by atoms with van der Waals surface area (Å²) in [7, 11) is 1.52. The summed E-state index contributed by atoms with van der Waals surface area (Å²) >= 11 is 0. The summed E-state index contributed by atoms with van der Waals surface area (Å²) in [6.45, 7) is 6.45. The lowest BCUT2D eigenvalue weighted by Gasteiger charge is -2.26. The van der Waals surface area contributed by atoms with E-state index in [0.29, 0.717) is 42.3 Å². The Morgan fingerprint density at radius 1 is 1.20 bits per heavy atom. The number of hydrogen-bond donors (Lipinski definition) is 1. The maximum absolute atomic E-state index is 13.6. The van der Waals surface area contributed by atoms with E-state index in [2.05, 4.69) is 4.98 Å². The number of rotatable bonds is 6. The summed E-state index contributed by atoms with van der Waals surface area (Å²) in [5, 5.41) is 1.43. The number of anilines is 1. The molecule has 0 radical (unpaired) electrons. The van der Waals surface area contributed by atoms with Crippen molar-refractivity contribution in [2.75, 3.05) is 38.3 Å². The first kappa shape index (κ1) is 26.0. The fraction of sp³-hybridized carbons (Fsp3) is 0.400. The predicted octanol–water partition coefficient (Wildman–Crippen LogP) is 3.42. The summed E-state index contributed by atoms with van der Waals surface area (Å²) < 4.78 is 24.1. The van der Waals surface area contributed by atoms with Crippen LogP contribution in [0, 0.1) is 5.82 Å². The molecular formula is C25H32FN5O4. The number of ether oxygens (including phenoxy) is 2. The summed E-state index contributed by atoms with van der Waals surface area (Å²) in [5.41, 5.74) is 1.18. The quantitative estimate of drug-likeness (QED) is 0.494. The van der Waals surface area contributed by atoms with E-state index in [-0.39, 0.29) is 24.8 Å². The van der Waals surface area contributed by atoms with Crippen molar-refractivity contribution in [2.24, 2.45) is 5.84 Å². The van der Waals surface area contributed by atoms with Crippen LogP contribution in [0.5, 0.6) is 5.88 Å². The van der Waals surface area contributed by atoms with E-state index in [1.165, 1.54) is 29.2 Å². The second-order valence-electron chi connectivity index (χ2n) is 9.12. The molecule has 2 heterocycles. The van der Waals surface area contributed by atoms with Crippen LogP contribution in [0.1, 0.15) is 32.8 Å². The van der Waals surface area contributed by atoms with Gasteiger partial charge in [-0.25, -0.2) is 20.0 Å². The summed E-state index contributed by atoms with van der Waals surface area (Å²) in [5.74, 6) is 6.30. The lowest BCUT2D eigenvalue weighted by Crippen LogP contribution is -2.42. The molecule has 1 fully saturated rings. The normalized spacial score (nSPS) is 15.0. The highest BCUT2D eigenvalue weighted by Crippen LogP contribution is 2.24. The summed E-state index contributed by atoms with van der Waals surface area (Å²) in [4.78, 5) is 32.6. The molecule has 1 aromatic heterocycles. The molecule has 0 saturated carbocycles. The van der Waals surface area contributed by atoms with Crippen LogP contribution in [0.2, 0.25) is 0 Å². The molecule has 0 atom stereocenters. The van der Waals surface area contributed by atoms with Crippen molar-refractivity contribution in [3.05, 3.63) is 60.1 Å². The Morgan fingerprint density at radius 2 is 1.91 bits per heavy atom. The van der Waals surface area contributed by atoms with Crippen molar-refractivity contribution in [3.8, 4) is 5.88 Å². The van der Waals surface area contributed by atoms with Gasteiger partial charge in [0.15, 0.2) is 0 Å². The lowest BCUT2D eigenvalue weighted by molar-refractivity contribution is -0.130. The van der Waals surface area contributed by atoms with Gasteiger partial charge in [0, 0.05) is 25.7 Å². The van der Waals surface area contributed by atoms with Crippen molar-refractivity contribution < 1.29 is 23.5 Å². The van der Waals surface area contributed by atoms with E-state index in [1.807, 2.05) is 0 Å². The molecule has 0 spiro atoms. The molecule has 3 rings (SSSR count). The third kappa shape index (κ3) is 7.16. The van der Waals surface area contributed by atoms with Gasteiger partial charge in [-0.3, -0.25) is 14.7 Å². The van der Waals surface area contributed by atoms with Gasteiger partial charge in [-0.2, -0.15) is 0 Å². The minimum absolute atomic E-state index is 0.0661. The number of carbonyl (C=O) groups excluding carboxylic acids is 2. The monoisotopic (exact) mass is 485 g/mol. The van der Waals surface area contributed by atoms with Gasteiger partial charge >= 0.3 is 6.09 Å². The number of aromatic nitrogens is 1. The Balaban J connectivity index is 1.80. The van der Waals surface area contributed by atoms with Gasteiger partial charge in [-0.15, -0.1) is 0 Å². The highest BCUT2D eigenvalue weighted by Gasteiger charge is 2.28. The number of halogens is 1. The molecule has 9 nitrogen and oxygen atoms in total. The van der Waals surface area contributed by atoms with Crippen molar-refractivity contribution >= 4 is 23.4 Å². The predicted molar refractivity (Wildman–Crippen MR) is 131 cm³/mol. The average molecular weight is 486 g/mol. The van der Waals surface area contributed by atoms with Crippen LogP contribution < -0.4 is 15.6 Å². The molecule has 1 aliphatic rings. The van der Waals surface area contributed by atoms with Gasteiger partial charge in [-0.1, -0.05) is 0 Å². The lowest BCUT2D eigenvalue weighted by atomic mass is 10.1. The molecule has 35 heavy (non-hydrogen) atoms. The van der Waals surface area contributed by atoms with Crippen molar-refractivity contribution in [3.63, 3.8) is 0 Å². The topological polar surface area (TPSA) is 101 Å². The van der Waals surface area contributed by atoms with Gasteiger partial charge in [0.05, 0.1) is 24.7 Å². The number of hydrogen-bond acceptors (Lipinski definition) is 7. The number of hydrazine groups is 1. The molecule has 1 aliphatic heterocycles. The molecule has 0 unspecified atom stereocenters. The highest BCUT2D eigenvalue weighted by atomic mass is 19.1. The molecule has 0 bridgehead atoms. The Labute approximate surface area is 204 Å². The smallest absolute Gasteiger partial charge is 0.410 e. The molecule has 2 N–H and O–H groups in total. The van der Waals surface area contributed by atoms with Crippen LogP contribution in [0.15, 0.2) is 48.7 Å². The Kier molecular flexibility index (Phi) is 8.29. The van der Waals surface area contributed by atoms with E-state index in [0.717, 1.165) is 0 Å². The number of methoxy groups -OCH3 is 1. The molecule has 1 aromatic carbocycles. The Hall–Kier alpha value is -3.66. The summed E-state index contributed by atoms with van der Waals surface area (Å²) in [6, 6.07) is 9.36. The standard InChI is InChI=1S/C25H32FN5O4/c1-25(2,3)35-24(33)30-14-5-13-29(23(32)17-30)15-12-21(18-6-8-19(26)9-7-18)31(27)20-10-11-22(34-4)28-16-20/h6-12,16H,5,13-15,17,27H2,1-4H3/b21-12-. The second-order valence-corrected chi connectivity index (χ2v) is 9.12. The van der Waals surface area contributed by atoms with Gasteiger partial charge < -0.3 is 14.4 Å². The van der Waals surface area contributed by atoms with Crippen molar-refractivity contribution in [1.29, 1.82) is 0 Å². The van der Waals surface area contributed by atoms with Gasteiger partial charge in [0.2, 0.25) is 11.8 Å². The van der Waals surface area contributed by atoms with E-state index >= 15 is 0 Å². The second kappa shape index (κ2) is 11.2. The average Bonchev–Trinajstić information content (AvgIpc) is 3.00. The van der Waals surface area contributed by atoms with Gasteiger partial charge in [0.1, 0.15) is 18.0 Å². The Morgan fingerprint density at radius 3 is 2.51 bits per heavy atom. The number of nitrogens with zero attached hydrogens (tertiary/aromatic N) is 4. The number of nitrogens with two attached hydrogens (primary N) is 1. The van der Waals surface area contributed by atoms with E-state index in [1.54, 1.807) is 62.2 Å². The van der Waals surface area contributed by atoms with Crippen LogP contribution >= 0.6 is 0 Å². The van der Waals surface area contributed by atoms with Crippen molar-refractivity contribution in [2.45, 2.75) is 32.8 Å². The first-order valence-electron chi connectivity index (χ1n) is 11.3. The molecule has 1 saturated heterocycles. The molecule has 2 aromatic rings. The Bertz CT molecular complexity index is 1050. The molecule has 188 valence electrons. The molecule has 10 heteroatoms. The zero-order valence-corrected chi connectivity index (χ0v) is 20.5. The van der Waals surface area contributed by atoms with Crippen LogP contribution in [-0.2, 0) is 9.53 Å². The number of benzene rings is 1. The van der Waals surface area contributed by atoms with Crippen LogP contribution in [-0.4, -0.2) is 65.7 Å². The van der Waals surface area contributed by atoms with Crippen LogP contribution in [0.25, 0.3) is 5.70 Å². The van der Waals surface area contributed by atoms with Gasteiger partial charge in [0.25, 0.3) is 0 Å². The van der Waals surface area contributed by atoms with Crippen molar-refractivity contribution in [1.82, 2.24) is 14.8 Å². The summed E-state index contributed by atoms with van der Waals surface area (Å²) in [6.07, 6.45) is 3.47. The minimum Gasteiger partial charge on any atom is -0.481 e. The first-order valence-corrected chi connectivity index (χ1v) is 11.3. The third-order valence-electron chi connectivity index (χ3n) is 5.30. The third-order valence-corrected chi connectivity index (χ3v) is 5.30. The van der Waals surface area contributed by atoms with E-state index in [4.69, 9.17) is 15.3 Å². The largest absolute Gasteiger partial charge is 0.481 e. The number of carbonyl (C=O) groups is 2.